The molecule has 1 fully saturated rings. The third-order valence-electron chi connectivity index (χ3n) is 3.69. The lowest BCUT2D eigenvalue weighted by Crippen LogP contribution is -2.33. The number of hydrogen-bond donors (Lipinski definition) is 0. The molecule has 0 spiro atoms. The standard InChI is InChI=1S/C10H19NO2.C10H14O/c1-10(2,3)13-9(12)8-11-6-4-5-7-11;1-3-11-8-10-7-5-4-6-9(10)2/h4-8H2,1-3H3;4-7H,3,8H2,1-2H3. The lowest BCUT2D eigenvalue weighted by Gasteiger charge is -2.21. The summed E-state index contributed by atoms with van der Waals surface area (Å²) in [6.45, 7) is 13.9. The van der Waals surface area contributed by atoms with Gasteiger partial charge in [-0.15, -0.1) is 0 Å². The molecule has 0 unspecified atom stereocenters. The van der Waals surface area contributed by atoms with E-state index in [2.05, 4.69) is 24.0 Å². The molecule has 0 atom stereocenters. The molecule has 0 N–H and O–H groups in total. The lowest BCUT2D eigenvalue weighted by molar-refractivity contribution is -0.155. The predicted octanol–water partition coefficient (Wildman–Crippen LogP) is 3.96. The van der Waals surface area contributed by atoms with Crippen molar-refractivity contribution in [2.24, 2.45) is 0 Å². The van der Waals surface area contributed by atoms with Gasteiger partial charge < -0.3 is 9.47 Å². The third-order valence-corrected chi connectivity index (χ3v) is 3.69. The maximum absolute atomic E-state index is 11.4. The smallest absolute Gasteiger partial charge is 0.320 e. The van der Waals surface area contributed by atoms with Crippen LogP contribution in [-0.4, -0.2) is 42.7 Å². The molecule has 2 rings (SSSR count). The van der Waals surface area contributed by atoms with Gasteiger partial charge in [0.25, 0.3) is 0 Å². The van der Waals surface area contributed by atoms with Gasteiger partial charge in [0.1, 0.15) is 5.60 Å². The molecule has 0 aliphatic carbocycles. The van der Waals surface area contributed by atoms with Crippen molar-refractivity contribution in [3.63, 3.8) is 0 Å². The average molecular weight is 335 g/mol. The van der Waals surface area contributed by atoms with Crippen LogP contribution in [0.4, 0.5) is 0 Å². The lowest BCUT2D eigenvalue weighted by atomic mass is 10.1. The quantitative estimate of drug-likeness (QED) is 0.764. The summed E-state index contributed by atoms with van der Waals surface area (Å²) in [5.41, 5.74) is 2.24. The molecular weight excluding hydrogens is 302 g/mol. The molecule has 4 heteroatoms. The second kappa shape index (κ2) is 10.5. The minimum Gasteiger partial charge on any atom is -0.459 e. The molecule has 1 aliphatic heterocycles. The Kier molecular flexibility index (Phi) is 9.01. The minimum absolute atomic E-state index is 0.102. The molecule has 0 aromatic heterocycles. The second-order valence-corrected chi connectivity index (χ2v) is 7.13. The predicted molar refractivity (Wildman–Crippen MR) is 98.0 cm³/mol. The highest BCUT2D eigenvalue weighted by atomic mass is 16.6. The van der Waals surface area contributed by atoms with Crippen molar-refractivity contribution in [1.29, 1.82) is 0 Å². The van der Waals surface area contributed by atoms with Crippen LogP contribution in [0.2, 0.25) is 0 Å². The largest absolute Gasteiger partial charge is 0.459 e. The number of ether oxygens (including phenoxy) is 2. The Morgan fingerprint density at radius 3 is 2.33 bits per heavy atom. The number of rotatable bonds is 5. The number of nitrogens with zero attached hydrogens (tertiary/aromatic N) is 1. The number of carbonyl (C=O) groups excluding carboxylic acids is 1. The summed E-state index contributed by atoms with van der Waals surface area (Å²) in [5, 5.41) is 0. The molecule has 0 bridgehead atoms. The molecule has 1 aromatic carbocycles. The zero-order valence-corrected chi connectivity index (χ0v) is 15.9. The maximum Gasteiger partial charge on any atom is 0.320 e. The number of likely N-dealkylation sites (tertiary alicyclic amines) is 1. The number of benzene rings is 1. The Morgan fingerprint density at radius 2 is 1.79 bits per heavy atom. The zero-order chi connectivity index (χ0) is 18.0. The fourth-order valence-electron chi connectivity index (χ4n) is 2.48. The normalized spacial score (nSPS) is 14.9. The number of aryl methyl sites for hydroxylation is 1. The minimum atomic E-state index is -0.350. The summed E-state index contributed by atoms with van der Waals surface area (Å²) in [4.78, 5) is 13.5. The van der Waals surface area contributed by atoms with Crippen molar-refractivity contribution in [3.8, 4) is 0 Å². The monoisotopic (exact) mass is 335 g/mol. The van der Waals surface area contributed by atoms with Gasteiger partial charge in [-0.25, -0.2) is 0 Å². The summed E-state index contributed by atoms with van der Waals surface area (Å²) in [6.07, 6.45) is 2.42. The van der Waals surface area contributed by atoms with E-state index in [0.717, 1.165) is 26.3 Å². The molecule has 0 radical (unpaired) electrons. The van der Waals surface area contributed by atoms with E-state index in [1.807, 2.05) is 39.8 Å². The zero-order valence-electron chi connectivity index (χ0n) is 15.9. The van der Waals surface area contributed by atoms with E-state index in [9.17, 15) is 4.79 Å². The first-order valence-electron chi connectivity index (χ1n) is 8.88. The molecular formula is C20H33NO3. The molecule has 1 heterocycles. The summed E-state index contributed by atoms with van der Waals surface area (Å²) in [7, 11) is 0. The van der Waals surface area contributed by atoms with Crippen LogP contribution >= 0.6 is 0 Å². The highest BCUT2D eigenvalue weighted by Crippen LogP contribution is 2.10. The van der Waals surface area contributed by atoms with Crippen LogP contribution in [0, 0.1) is 6.92 Å². The highest BCUT2D eigenvalue weighted by molar-refractivity contribution is 5.72. The number of hydrogen-bond acceptors (Lipinski definition) is 4. The van der Waals surface area contributed by atoms with E-state index in [1.54, 1.807) is 0 Å². The Labute approximate surface area is 147 Å². The SMILES string of the molecule is CC(C)(C)OC(=O)CN1CCCC1.CCOCc1ccccc1C. The van der Waals surface area contributed by atoms with Crippen molar-refractivity contribution in [2.45, 2.75) is 59.7 Å². The van der Waals surface area contributed by atoms with Gasteiger partial charge in [0.2, 0.25) is 0 Å². The van der Waals surface area contributed by atoms with Gasteiger partial charge in [-0.1, -0.05) is 24.3 Å². The van der Waals surface area contributed by atoms with Crippen LogP contribution in [-0.2, 0) is 20.9 Å². The molecule has 4 nitrogen and oxygen atoms in total. The number of carbonyl (C=O) groups is 1. The Bertz CT molecular complexity index is 488. The van der Waals surface area contributed by atoms with Crippen LogP contribution < -0.4 is 0 Å². The topological polar surface area (TPSA) is 38.8 Å². The van der Waals surface area contributed by atoms with E-state index < -0.39 is 0 Å². The van der Waals surface area contributed by atoms with Crippen LogP contribution in [0.15, 0.2) is 24.3 Å². The Balaban J connectivity index is 0.000000243. The van der Waals surface area contributed by atoms with Gasteiger partial charge in [0.05, 0.1) is 13.2 Å². The van der Waals surface area contributed by atoms with E-state index >= 15 is 0 Å². The first-order valence-corrected chi connectivity index (χ1v) is 8.88. The van der Waals surface area contributed by atoms with Crippen LogP contribution in [0.25, 0.3) is 0 Å². The van der Waals surface area contributed by atoms with Gasteiger partial charge in [-0.2, -0.15) is 0 Å². The fourth-order valence-corrected chi connectivity index (χ4v) is 2.48. The summed E-state index contributed by atoms with van der Waals surface area (Å²) in [5.74, 6) is -0.102. The molecule has 1 aromatic rings. The molecule has 0 saturated carbocycles. The second-order valence-electron chi connectivity index (χ2n) is 7.13. The first-order chi connectivity index (χ1) is 11.3. The van der Waals surface area contributed by atoms with E-state index in [0.29, 0.717) is 6.54 Å². The van der Waals surface area contributed by atoms with E-state index in [1.165, 1.54) is 24.0 Å². The van der Waals surface area contributed by atoms with Crippen molar-refractivity contribution in [2.75, 3.05) is 26.2 Å². The molecule has 136 valence electrons. The average Bonchev–Trinajstić information content (AvgIpc) is 2.98. The fraction of sp³-hybridized carbons (Fsp3) is 0.650. The van der Waals surface area contributed by atoms with Crippen molar-refractivity contribution in [3.05, 3.63) is 35.4 Å². The van der Waals surface area contributed by atoms with Crippen molar-refractivity contribution in [1.82, 2.24) is 4.90 Å². The van der Waals surface area contributed by atoms with Gasteiger partial charge >= 0.3 is 5.97 Å². The van der Waals surface area contributed by atoms with Gasteiger partial charge in [-0.3, -0.25) is 9.69 Å². The number of esters is 1. The van der Waals surface area contributed by atoms with Gasteiger partial charge in [-0.05, 0) is 71.7 Å². The van der Waals surface area contributed by atoms with Crippen molar-refractivity contribution < 1.29 is 14.3 Å². The van der Waals surface area contributed by atoms with E-state index in [4.69, 9.17) is 9.47 Å². The van der Waals surface area contributed by atoms with Crippen LogP contribution in [0.3, 0.4) is 0 Å². The summed E-state index contributed by atoms with van der Waals surface area (Å²) < 4.78 is 10.5. The highest BCUT2D eigenvalue weighted by Gasteiger charge is 2.20. The summed E-state index contributed by atoms with van der Waals surface area (Å²) >= 11 is 0. The van der Waals surface area contributed by atoms with E-state index in [-0.39, 0.29) is 11.6 Å². The van der Waals surface area contributed by atoms with Gasteiger partial charge in [0, 0.05) is 6.61 Å². The Morgan fingerprint density at radius 1 is 1.17 bits per heavy atom. The maximum atomic E-state index is 11.4. The van der Waals surface area contributed by atoms with Gasteiger partial charge in [0.15, 0.2) is 0 Å². The Hall–Kier alpha value is -1.39. The molecule has 1 saturated heterocycles. The van der Waals surface area contributed by atoms with Crippen LogP contribution in [0.1, 0.15) is 51.7 Å². The van der Waals surface area contributed by atoms with Crippen molar-refractivity contribution >= 4 is 5.97 Å². The molecule has 1 aliphatic rings. The molecule has 24 heavy (non-hydrogen) atoms. The van der Waals surface area contributed by atoms with Crippen LogP contribution in [0.5, 0.6) is 0 Å². The first kappa shape index (κ1) is 20.7. The summed E-state index contributed by atoms with van der Waals surface area (Å²) in [6, 6.07) is 8.30. The third kappa shape index (κ3) is 9.04. The molecule has 0 amide bonds.